The Morgan fingerprint density at radius 2 is 1.56 bits per heavy atom. The molecule has 1 aromatic rings. The molecule has 18 heavy (non-hydrogen) atoms. The number of nitrogens with two attached hydrogens (primary N) is 1. The largest absolute Gasteiger partial charge is 0.379 e. The fourth-order valence-corrected chi connectivity index (χ4v) is 1.75. The maximum atomic E-state index is 6.11. The topological polar surface area (TPSA) is 35.2 Å². The van der Waals surface area contributed by atoms with Gasteiger partial charge in [-0.25, -0.2) is 0 Å². The van der Waals surface area contributed by atoms with Crippen LogP contribution in [-0.4, -0.2) is 13.2 Å². The van der Waals surface area contributed by atoms with Gasteiger partial charge in [0.2, 0.25) is 0 Å². The second-order valence-corrected chi connectivity index (χ2v) is 5.69. The van der Waals surface area contributed by atoms with Crippen molar-refractivity contribution in [2.24, 2.45) is 11.7 Å². The lowest BCUT2D eigenvalue weighted by Crippen LogP contribution is -2.18. The summed E-state index contributed by atoms with van der Waals surface area (Å²) in [6.45, 7) is 10.2. The molecule has 0 spiro atoms. The molecule has 2 heteroatoms. The van der Waals surface area contributed by atoms with Crippen LogP contribution >= 0.6 is 0 Å². The van der Waals surface area contributed by atoms with Crippen molar-refractivity contribution in [1.29, 1.82) is 0 Å². The summed E-state index contributed by atoms with van der Waals surface area (Å²) in [5.74, 6) is 1.25. The van der Waals surface area contributed by atoms with Crippen LogP contribution in [-0.2, 0) is 4.74 Å². The van der Waals surface area contributed by atoms with E-state index in [-0.39, 0.29) is 6.04 Å². The third kappa shape index (κ3) is 5.19. The summed E-state index contributed by atoms with van der Waals surface area (Å²) >= 11 is 0. The average Bonchev–Trinajstić information content (AvgIpc) is 2.34. The third-order valence-corrected chi connectivity index (χ3v) is 3.17. The van der Waals surface area contributed by atoms with Gasteiger partial charge < -0.3 is 10.5 Å². The number of benzene rings is 1. The molecule has 0 aliphatic carbocycles. The molecule has 1 rings (SSSR count). The molecule has 0 radical (unpaired) electrons. The Morgan fingerprint density at radius 3 is 2.06 bits per heavy atom. The summed E-state index contributed by atoms with van der Waals surface area (Å²) in [4.78, 5) is 0. The van der Waals surface area contributed by atoms with Crippen LogP contribution in [0.4, 0.5) is 0 Å². The molecule has 0 fully saturated rings. The Kier molecular flexibility index (Phi) is 6.37. The minimum atomic E-state index is -0.0154. The smallest absolute Gasteiger partial charge is 0.0659 e. The van der Waals surface area contributed by atoms with Gasteiger partial charge in [0.15, 0.2) is 0 Å². The standard InChI is InChI=1S/C16H27NO/c1-12(2)9-10-18-11-16(17)15-7-5-14(6-8-15)13(3)4/h5-8,12-13,16H,9-11,17H2,1-4H3. The summed E-state index contributed by atoms with van der Waals surface area (Å²) in [5, 5.41) is 0. The molecule has 0 saturated carbocycles. The van der Waals surface area contributed by atoms with Crippen molar-refractivity contribution in [3.63, 3.8) is 0 Å². The molecule has 1 unspecified atom stereocenters. The van der Waals surface area contributed by atoms with Crippen molar-refractivity contribution in [3.05, 3.63) is 35.4 Å². The van der Waals surface area contributed by atoms with Crippen LogP contribution < -0.4 is 5.73 Å². The van der Waals surface area contributed by atoms with Gasteiger partial charge in [-0.1, -0.05) is 52.0 Å². The van der Waals surface area contributed by atoms with Gasteiger partial charge in [0.25, 0.3) is 0 Å². The van der Waals surface area contributed by atoms with Crippen molar-refractivity contribution in [2.45, 2.75) is 46.1 Å². The lowest BCUT2D eigenvalue weighted by Gasteiger charge is -2.14. The van der Waals surface area contributed by atoms with Gasteiger partial charge in [-0.2, -0.15) is 0 Å². The highest BCUT2D eigenvalue weighted by Crippen LogP contribution is 2.18. The Labute approximate surface area is 112 Å². The van der Waals surface area contributed by atoms with Crippen LogP contribution in [0.25, 0.3) is 0 Å². The second-order valence-electron chi connectivity index (χ2n) is 5.69. The molecule has 1 aromatic carbocycles. The van der Waals surface area contributed by atoms with Gasteiger partial charge in [-0.15, -0.1) is 0 Å². The Hall–Kier alpha value is -0.860. The molecule has 0 amide bonds. The predicted octanol–water partition coefficient (Wildman–Crippen LogP) is 3.87. The SMILES string of the molecule is CC(C)CCOCC(N)c1ccc(C(C)C)cc1. The molecule has 2 N–H and O–H groups in total. The van der Waals surface area contributed by atoms with E-state index < -0.39 is 0 Å². The van der Waals surface area contributed by atoms with E-state index in [0.29, 0.717) is 18.4 Å². The number of rotatable bonds is 7. The van der Waals surface area contributed by atoms with Crippen LogP contribution in [0.3, 0.4) is 0 Å². The summed E-state index contributed by atoms with van der Waals surface area (Å²) in [6.07, 6.45) is 1.10. The van der Waals surface area contributed by atoms with Gasteiger partial charge in [0.1, 0.15) is 0 Å². The van der Waals surface area contributed by atoms with E-state index in [0.717, 1.165) is 18.6 Å². The van der Waals surface area contributed by atoms with E-state index in [4.69, 9.17) is 10.5 Å². The molecule has 0 bridgehead atoms. The van der Waals surface area contributed by atoms with E-state index in [1.54, 1.807) is 0 Å². The quantitative estimate of drug-likeness (QED) is 0.744. The highest BCUT2D eigenvalue weighted by Gasteiger charge is 2.07. The highest BCUT2D eigenvalue weighted by molar-refractivity contribution is 5.26. The zero-order valence-corrected chi connectivity index (χ0v) is 12.1. The number of ether oxygens (including phenoxy) is 1. The molecule has 0 aromatic heterocycles. The Balaban J connectivity index is 2.39. The van der Waals surface area contributed by atoms with Crippen LogP contribution in [0, 0.1) is 5.92 Å². The Bertz CT molecular complexity index is 329. The van der Waals surface area contributed by atoms with Gasteiger partial charge in [-0.05, 0) is 29.4 Å². The third-order valence-electron chi connectivity index (χ3n) is 3.17. The first-order chi connectivity index (χ1) is 8.50. The van der Waals surface area contributed by atoms with E-state index in [9.17, 15) is 0 Å². The first kappa shape index (κ1) is 15.2. The highest BCUT2D eigenvalue weighted by atomic mass is 16.5. The van der Waals surface area contributed by atoms with Crippen molar-refractivity contribution < 1.29 is 4.74 Å². The monoisotopic (exact) mass is 249 g/mol. The fourth-order valence-electron chi connectivity index (χ4n) is 1.75. The lowest BCUT2D eigenvalue weighted by molar-refractivity contribution is 0.111. The predicted molar refractivity (Wildman–Crippen MR) is 77.7 cm³/mol. The molecule has 1 atom stereocenters. The fraction of sp³-hybridized carbons (Fsp3) is 0.625. The van der Waals surface area contributed by atoms with E-state index in [2.05, 4.69) is 52.0 Å². The summed E-state index contributed by atoms with van der Waals surface area (Å²) in [7, 11) is 0. The van der Waals surface area contributed by atoms with Gasteiger partial charge in [0, 0.05) is 6.61 Å². The van der Waals surface area contributed by atoms with E-state index in [1.807, 2.05) is 0 Å². The first-order valence-corrected chi connectivity index (χ1v) is 6.94. The minimum absolute atomic E-state index is 0.0154. The van der Waals surface area contributed by atoms with Crippen LogP contribution in [0.5, 0.6) is 0 Å². The minimum Gasteiger partial charge on any atom is -0.379 e. The molecular formula is C16H27NO. The van der Waals surface area contributed by atoms with Gasteiger partial charge in [0.05, 0.1) is 12.6 Å². The average molecular weight is 249 g/mol. The molecule has 102 valence electrons. The van der Waals surface area contributed by atoms with Gasteiger partial charge >= 0.3 is 0 Å². The molecule has 0 heterocycles. The molecule has 0 aliphatic heterocycles. The van der Waals surface area contributed by atoms with Crippen LogP contribution in [0.1, 0.15) is 57.2 Å². The number of hydrogen-bond acceptors (Lipinski definition) is 2. The molecule has 0 saturated heterocycles. The molecule has 0 aliphatic rings. The maximum absolute atomic E-state index is 6.11. The zero-order chi connectivity index (χ0) is 13.5. The Morgan fingerprint density at radius 1 is 1.00 bits per heavy atom. The summed E-state index contributed by atoms with van der Waals surface area (Å²) in [5.41, 5.74) is 8.62. The second kappa shape index (κ2) is 7.55. The lowest BCUT2D eigenvalue weighted by atomic mass is 9.99. The van der Waals surface area contributed by atoms with E-state index >= 15 is 0 Å². The van der Waals surface area contributed by atoms with Crippen molar-refractivity contribution in [1.82, 2.24) is 0 Å². The van der Waals surface area contributed by atoms with Gasteiger partial charge in [-0.3, -0.25) is 0 Å². The summed E-state index contributed by atoms with van der Waals surface area (Å²) in [6, 6.07) is 8.54. The van der Waals surface area contributed by atoms with Crippen molar-refractivity contribution in [3.8, 4) is 0 Å². The maximum Gasteiger partial charge on any atom is 0.0659 e. The van der Waals surface area contributed by atoms with Crippen molar-refractivity contribution >= 4 is 0 Å². The van der Waals surface area contributed by atoms with Crippen LogP contribution in [0.15, 0.2) is 24.3 Å². The first-order valence-electron chi connectivity index (χ1n) is 6.94. The van der Waals surface area contributed by atoms with E-state index in [1.165, 1.54) is 5.56 Å². The number of hydrogen-bond donors (Lipinski definition) is 1. The van der Waals surface area contributed by atoms with Crippen LogP contribution in [0.2, 0.25) is 0 Å². The summed E-state index contributed by atoms with van der Waals surface area (Å²) < 4.78 is 5.61. The normalized spacial score (nSPS) is 13.3. The molecular weight excluding hydrogens is 222 g/mol. The molecule has 2 nitrogen and oxygen atoms in total. The van der Waals surface area contributed by atoms with Crippen molar-refractivity contribution in [2.75, 3.05) is 13.2 Å². The zero-order valence-electron chi connectivity index (χ0n) is 12.1.